The second kappa shape index (κ2) is 10.7. The van der Waals surface area contributed by atoms with Crippen LogP contribution in [0.25, 0.3) is 11.1 Å². The van der Waals surface area contributed by atoms with Gasteiger partial charge in [-0.05, 0) is 79.1 Å². The average Bonchev–Trinajstić information content (AvgIpc) is 3.76. The van der Waals surface area contributed by atoms with Crippen molar-refractivity contribution in [2.75, 3.05) is 0 Å². The van der Waals surface area contributed by atoms with Crippen LogP contribution in [-0.2, 0) is 16.3 Å². The van der Waals surface area contributed by atoms with E-state index in [-0.39, 0.29) is 4.90 Å². The maximum atomic E-state index is 14.0. The van der Waals surface area contributed by atoms with Gasteiger partial charge in [-0.25, -0.2) is 13.4 Å². The quantitative estimate of drug-likeness (QED) is 0.298. The molecule has 0 radical (unpaired) electrons. The van der Waals surface area contributed by atoms with Gasteiger partial charge >= 0.3 is 0 Å². The van der Waals surface area contributed by atoms with Crippen molar-refractivity contribution >= 4 is 9.84 Å². The molecule has 0 spiro atoms. The first-order valence-electron chi connectivity index (χ1n) is 13.0. The Labute approximate surface area is 231 Å². The van der Waals surface area contributed by atoms with Crippen molar-refractivity contribution in [3.63, 3.8) is 0 Å². The van der Waals surface area contributed by atoms with Gasteiger partial charge in [0.15, 0.2) is 4.90 Å². The van der Waals surface area contributed by atoms with E-state index in [1.54, 1.807) is 37.3 Å². The number of hydrogen-bond acceptors (Lipinski definition) is 7. The third-order valence-corrected chi connectivity index (χ3v) is 9.08. The fourth-order valence-corrected chi connectivity index (χ4v) is 6.32. The van der Waals surface area contributed by atoms with E-state index in [4.69, 9.17) is 0 Å². The first-order valence-corrected chi connectivity index (χ1v) is 14.4. The van der Waals surface area contributed by atoms with E-state index >= 15 is 0 Å². The smallest absolute Gasteiger partial charge is 0.296 e. The minimum atomic E-state index is -4.49. The van der Waals surface area contributed by atoms with Crippen LogP contribution in [0.1, 0.15) is 54.7 Å². The van der Waals surface area contributed by atoms with Crippen molar-refractivity contribution in [2.24, 2.45) is 5.92 Å². The highest BCUT2D eigenvalue weighted by Crippen LogP contribution is 2.37. The normalized spacial score (nSPS) is 14.1. The van der Waals surface area contributed by atoms with Crippen molar-refractivity contribution in [3.05, 3.63) is 99.6 Å². The third-order valence-electron chi connectivity index (χ3n) is 7.29. The van der Waals surface area contributed by atoms with E-state index in [9.17, 15) is 28.0 Å². The number of aromatic hydroxyl groups is 1. The van der Waals surface area contributed by atoms with Crippen molar-refractivity contribution < 1.29 is 17.9 Å². The molecule has 2 aromatic carbocycles. The van der Waals surface area contributed by atoms with Crippen LogP contribution in [0.5, 0.6) is 5.88 Å². The van der Waals surface area contributed by atoms with Crippen molar-refractivity contribution in [1.82, 2.24) is 14.5 Å². The van der Waals surface area contributed by atoms with Gasteiger partial charge in [0.25, 0.3) is 5.56 Å². The van der Waals surface area contributed by atoms with E-state index < -0.39 is 38.2 Å². The summed E-state index contributed by atoms with van der Waals surface area (Å²) in [4.78, 5) is 20.0. The third kappa shape index (κ3) is 5.00. The topological polar surface area (TPSA) is 126 Å². The Hall–Kier alpha value is -4.36. The van der Waals surface area contributed by atoms with Crippen LogP contribution in [0, 0.1) is 30.1 Å². The van der Waals surface area contributed by atoms with E-state index in [1.165, 1.54) is 35.0 Å². The minimum Gasteiger partial charge on any atom is -0.493 e. The molecule has 1 aliphatic rings. The Bertz CT molecular complexity index is 1810. The molecule has 10 heteroatoms. The predicted molar refractivity (Wildman–Crippen MR) is 146 cm³/mol. The molecule has 1 N–H and O–H groups in total. The average molecular weight is 559 g/mol. The lowest BCUT2D eigenvalue weighted by Crippen LogP contribution is -2.27. The molecule has 8 nitrogen and oxygen atoms in total. The lowest BCUT2D eigenvalue weighted by Gasteiger charge is -2.25. The van der Waals surface area contributed by atoms with Crippen LogP contribution in [0.4, 0.5) is 4.39 Å². The molecule has 0 amide bonds. The summed E-state index contributed by atoms with van der Waals surface area (Å²) in [7, 11) is -4.49. The monoisotopic (exact) mass is 558 g/mol. The molecular weight excluding hydrogens is 531 g/mol. The number of halogens is 1. The van der Waals surface area contributed by atoms with Gasteiger partial charge in [-0.1, -0.05) is 31.2 Å². The second-order valence-electron chi connectivity index (χ2n) is 9.97. The largest absolute Gasteiger partial charge is 0.493 e. The van der Waals surface area contributed by atoms with E-state index in [0.29, 0.717) is 52.4 Å². The molecule has 0 bridgehead atoms. The van der Waals surface area contributed by atoms with E-state index in [1.807, 2.05) is 6.92 Å². The molecule has 204 valence electrons. The molecule has 5 rings (SSSR count). The molecule has 2 aromatic heterocycles. The van der Waals surface area contributed by atoms with Crippen LogP contribution in [0.15, 0.2) is 75.4 Å². The van der Waals surface area contributed by atoms with Crippen LogP contribution in [0.2, 0.25) is 0 Å². The summed E-state index contributed by atoms with van der Waals surface area (Å²) in [5.41, 5.74) is 1.53. The number of hydrogen-bond donors (Lipinski definition) is 1. The van der Waals surface area contributed by atoms with Crippen LogP contribution < -0.4 is 5.56 Å². The number of rotatable bonds is 8. The van der Waals surface area contributed by atoms with Gasteiger partial charge in [0, 0.05) is 18.2 Å². The van der Waals surface area contributed by atoms with Gasteiger partial charge in [-0.3, -0.25) is 9.36 Å². The van der Waals surface area contributed by atoms with Gasteiger partial charge in [0.2, 0.25) is 21.7 Å². The summed E-state index contributed by atoms with van der Waals surface area (Å²) in [6, 6.07) is 15.7. The Kier molecular flexibility index (Phi) is 7.25. The zero-order valence-corrected chi connectivity index (χ0v) is 22.8. The molecule has 40 heavy (non-hydrogen) atoms. The molecular formula is C30H27FN4O4S. The highest BCUT2D eigenvalue weighted by atomic mass is 32.2. The van der Waals surface area contributed by atoms with Crippen LogP contribution in [-0.4, -0.2) is 28.1 Å². The number of pyridine rings is 1. The maximum Gasteiger partial charge on any atom is 0.296 e. The fourth-order valence-electron chi connectivity index (χ4n) is 4.97. The van der Waals surface area contributed by atoms with Gasteiger partial charge in [-0.2, -0.15) is 14.6 Å². The number of aromatic nitrogens is 3. The predicted octanol–water partition coefficient (Wildman–Crippen LogP) is 5.11. The number of benzene rings is 2. The molecule has 1 atom stereocenters. The van der Waals surface area contributed by atoms with Crippen molar-refractivity contribution in [3.8, 4) is 23.1 Å². The second-order valence-corrected chi connectivity index (χ2v) is 11.9. The van der Waals surface area contributed by atoms with Crippen molar-refractivity contribution in [1.29, 1.82) is 5.26 Å². The lowest BCUT2D eigenvalue weighted by molar-refractivity contribution is 0.357. The van der Waals surface area contributed by atoms with Crippen LogP contribution in [0.3, 0.4) is 0 Å². The minimum absolute atomic E-state index is 0.210. The number of nitriles is 1. The zero-order chi connectivity index (χ0) is 28.6. The summed E-state index contributed by atoms with van der Waals surface area (Å²) in [6.45, 7) is 3.45. The van der Waals surface area contributed by atoms with E-state index in [0.717, 1.165) is 12.8 Å². The van der Waals surface area contributed by atoms with Gasteiger partial charge < -0.3 is 5.11 Å². The Morgan fingerprint density at radius 2 is 1.90 bits per heavy atom. The molecule has 1 aliphatic carbocycles. The Morgan fingerprint density at radius 1 is 1.18 bits per heavy atom. The first kappa shape index (κ1) is 27.2. The summed E-state index contributed by atoms with van der Waals surface area (Å²) in [5, 5.41) is 20.9. The Morgan fingerprint density at radius 3 is 2.55 bits per heavy atom. The van der Waals surface area contributed by atoms with Gasteiger partial charge in [-0.15, -0.1) is 0 Å². The Balaban J connectivity index is 1.64. The van der Waals surface area contributed by atoms with Crippen LogP contribution >= 0.6 is 0 Å². The molecule has 0 saturated heterocycles. The molecule has 1 fully saturated rings. The SMILES string of the molecule is CCC(c1cccc(C#N)c1)n1c(CC2CC2)nc(=O)c(S(=O)(=O)c2ccc(-c3ccnc(F)c3C)cc2)c1O. The van der Waals surface area contributed by atoms with Gasteiger partial charge in [0.1, 0.15) is 5.82 Å². The highest BCUT2D eigenvalue weighted by molar-refractivity contribution is 7.91. The summed E-state index contributed by atoms with van der Waals surface area (Å²) in [6.07, 6.45) is 4.12. The van der Waals surface area contributed by atoms with Gasteiger partial charge in [0.05, 0.1) is 22.6 Å². The summed E-state index contributed by atoms with van der Waals surface area (Å²) < 4.78 is 42.9. The standard InChI is InChI=1S/C30H27FN4O4S/c1-3-25(22-6-4-5-20(15-22)17-32)35-26(16-19-7-8-19)34-29(36)27(30(35)37)40(38,39)23-11-9-21(10-12-23)24-13-14-33-28(31)18(24)2/h4-6,9-15,19,25,37H,3,7-8,16H2,1-2H3. The molecule has 1 unspecified atom stereocenters. The van der Waals surface area contributed by atoms with Crippen molar-refractivity contribution in [2.45, 2.75) is 55.4 Å². The maximum absolute atomic E-state index is 14.0. The van der Waals surface area contributed by atoms with E-state index in [2.05, 4.69) is 16.0 Å². The molecule has 1 saturated carbocycles. The fraction of sp³-hybridized carbons (Fsp3) is 0.267. The molecule has 2 heterocycles. The summed E-state index contributed by atoms with van der Waals surface area (Å²) in [5.74, 6) is -0.690. The zero-order valence-electron chi connectivity index (χ0n) is 22.0. The molecule has 4 aromatic rings. The molecule has 0 aliphatic heterocycles. The number of nitrogens with zero attached hydrogens (tertiary/aromatic N) is 4. The summed E-state index contributed by atoms with van der Waals surface area (Å²) >= 11 is 0. The number of sulfone groups is 1. The lowest BCUT2D eigenvalue weighted by atomic mass is 10.0. The highest BCUT2D eigenvalue weighted by Gasteiger charge is 2.34. The first-order chi connectivity index (χ1) is 19.1.